The number of hydrogen-bond acceptors (Lipinski definition) is 3. The Labute approximate surface area is 189 Å². The molecule has 2 aliphatic carbocycles. The van der Waals surface area contributed by atoms with E-state index in [9.17, 15) is 0 Å². The van der Waals surface area contributed by atoms with Gasteiger partial charge in [0.25, 0.3) is 0 Å². The number of likely N-dealkylation sites (N-methyl/N-ethyl adjacent to an activating group) is 1. The fourth-order valence-electron chi connectivity index (χ4n) is 8.00. The summed E-state index contributed by atoms with van der Waals surface area (Å²) in [5.41, 5.74) is 7.12. The number of unbranched alkanes of at least 4 members (excludes halogenated alkanes) is 1. The van der Waals surface area contributed by atoms with E-state index < -0.39 is 0 Å². The summed E-state index contributed by atoms with van der Waals surface area (Å²) in [4.78, 5) is 6.51. The van der Waals surface area contributed by atoms with Crippen molar-refractivity contribution in [1.82, 2.24) is 9.88 Å². The van der Waals surface area contributed by atoms with Gasteiger partial charge in [0, 0.05) is 27.9 Å². The number of piperidine rings is 1. The average Bonchev–Trinajstić information content (AvgIpc) is 3.36. The van der Waals surface area contributed by atoms with Crippen molar-refractivity contribution in [3.63, 3.8) is 0 Å². The molecule has 4 heteroatoms. The van der Waals surface area contributed by atoms with Crippen molar-refractivity contribution >= 4 is 10.9 Å². The van der Waals surface area contributed by atoms with E-state index in [0.29, 0.717) is 17.9 Å². The molecule has 1 fully saturated rings. The summed E-state index contributed by atoms with van der Waals surface area (Å²) in [6, 6.07) is 13.9. The number of nitrogens with zero attached hydrogens (tertiary/aromatic N) is 1. The standard InChI is InChI=1S/C28H32N2O2/c1-4-5-8-18-22-17-9-6-7-10-19(17)29-25(22)27-28-13-14-30(2)20(24(18)28)15-16-11-12-21(31-3)26(32-27)23(16)28/h6-7,9-12,18,20,24,27,29H,4-5,8,13-15H2,1-3H3/t18?,20?,24?,27?,28-/m1/s1. The van der Waals surface area contributed by atoms with Gasteiger partial charge in [-0.1, -0.05) is 44.0 Å². The van der Waals surface area contributed by atoms with Crippen molar-refractivity contribution in [3.8, 4) is 11.5 Å². The molecule has 5 atom stereocenters. The van der Waals surface area contributed by atoms with Gasteiger partial charge in [-0.15, -0.1) is 0 Å². The zero-order valence-electron chi connectivity index (χ0n) is 19.3. The van der Waals surface area contributed by atoms with Crippen LogP contribution in [0.3, 0.4) is 0 Å². The summed E-state index contributed by atoms with van der Waals surface area (Å²) in [6.45, 7) is 3.46. The number of aromatic nitrogens is 1. The van der Waals surface area contributed by atoms with Gasteiger partial charge < -0.3 is 19.4 Å². The Kier molecular flexibility index (Phi) is 3.89. The highest BCUT2D eigenvalue weighted by molar-refractivity contribution is 5.86. The molecule has 2 aromatic carbocycles. The molecule has 4 unspecified atom stereocenters. The third-order valence-corrected chi connectivity index (χ3v) is 9.19. The third-order valence-electron chi connectivity index (χ3n) is 9.19. The fraction of sp³-hybridized carbons (Fsp3) is 0.500. The second kappa shape index (κ2) is 6.54. The first-order chi connectivity index (χ1) is 15.7. The molecule has 2 aliphatic heterocycles. The number of ether oxygens (including phenoxy) is 2. The summed E-state index contributed by atoms with van der Waals surface area (Å²) in [6.07, 6.45) is 6.09. The Morgan fingerprint density at radius 1 is 1.22 bits per heavy atom. The number of hydrogen-bond donors (Lipinski definition) is 1. The molecule has 1 saturated heterocycles. The molecule has 3 aromatic rings. The topological polar surface area (TPSA) is 37.5 Å². The molecular weight excluding hydrogens is 396 g/mol. The van der Waals surface area contributed by atoms with Crippen LogP contribution < -0.4 is 9.47 Å². The minimum Gasteiger partial charge on any atom is -0.493 e. The van der Waals surface area contributed by atoms with Crippen LogP contribution in [0.5, 0.6) is 11.5 Å². The lowest BCUT2D eigenvalue weighted by molar-refractivity contribution is -0.0413. The van der Waals surface area contributed by atoms with E-state index in [0.717, 1.165) is 30.9 Å². The number of likely N-dealkylation sites (tertiary alicyclic amines) is 1. The number of nitrogens with one attached hydrogen (secondary N) is 1. The Bertz CT molecular complexity index is 1230. The van der Waals surface area contributed by atoms with Crippen LogP contribution in [-0.2, 0) is 11.8 Å². The van der Waals surface area contributed by atoms with E-state index in [-0.39, 0.29) is 11.5 Å². The van der Waals surface area contributed by atoms with Crippen LogP contribution >= 0.6 is 0 Å². The van der Waals surface area contributed by atoms with Crippen LogP contribution in [0.25, 0.3) is 10.9 Å². The van der Waals surface area contributed by atoms with Gasteiger partial charge in [-0.3, -0.25) is 0 Å². The lowest BCUT2D eigenvalue weighted by Gasteiger charge is -2.60. The van der Waals surface area contributed by atoms with Gasteiger partial charge in [-0.05, 0) is 68.0 Å². The Balaban J connectivity index is 1.56. The first-order valence-corrected chi connectivity index (χ1v) is 12.4. The molecule has 4 aliphatic rings. The molecule has 2 bridgehead atoms. The van der Waals surface area contributed by atoms with E-state index in [4.69, 9.17) is 9.47 Å². The maximum Gasteiger partial charge on any atom is 0.166 e. The van der Waals surface area contributed by atoms with Crippen molar-refractivity contribution in [2.75, 3.05) is 20.7 Å². The van der Waals surface area contributed by atoms with Gasteiger partial charge >= 0.3 is 0 Å². The number of benzene rings is 2. The number of rotatable bonds is 4. The maximum atomic E-state index is 6.97. The lowest BCUT2D eigenvalue weighted by atomic mass is 9.48. The van der Waals surface area contributed by atoms with Gasteiger partial charge in [0.2, 0.25) is 0 Å². The normalized spacial score (nSPS) is 31.8. The molecule has 4 nitrogen and oxygen atoms in total. The first-order valence-electron chi connectivity index (χ1n) is 12.4. The quantitative estimate of drug-likeness (QED) is 0.578. The molecule has 1 N–H and O–H groups in total. The van der Waals surface area contributed by atoms with E-state index in [1.54, 1.807) is 7.11 Å². The van der Waals surface area contributed by atoms with Gasteiger partial charge in [0.1, 0.15) is 6.10 Å². The number of aromatic amines is 1. The molecule has 1 aromatic heterocycles. The summed E-state index contributed by atoms with van der Waals surface area (Å²) in [7, 11) is 4.12. The predicted octanol–water partition coefficient (Wildman–Crippen LogP) is 5.71. The minimum absolute atomic E-state index is 0.0426. The van der Waals surface area contributed by atoms with Crippen molar-refractivity contribution in [1.29, 1.82) is 0 Å². The highest BCUT2D eigenvalue weighted by Gasteiger charge is 2.67. The third kappa shape index (κ3) is 2.13. The number of methoxy groups -OCH3 is 1. The molecule has 0 saturated carbocycles. The van der Waals surface area contributed by atoms with Crippen LogP contribution in [0.1, 0.15) is 67.0 Å². The Morgan fingerprint density at radius 2 is 2.09 bits per heavy atom. The predicted molar refractivity (Wildman–Crippen MR) is 127 cm³/mol. The van der Waals surface area contributed by atoms with Gasteiger partial charge in [0.05, 0.1) is 12.8 Å². The van der Waals surface area contributed by atoms with Crippen LogP contribution in [0, 0.1) is 5.92 Å². The van der Waals surface area contributed by atoms with E-state index in [1.165, 1.54) is 52.5 Å². The van der Waals surface area contributed by atoms with E-state index in [1.807, 2.05) is 0 Å². The second-order valence-electron chi connectivity index (χ2n) is 10.4. The Hall–Kier alpha value is -2.46. The fourth-order valence-corrected chi connectivity index (χ4v) is 8.00. The molecule has 166 valence electrons. The highest BCUT2D eigenvalue weighted by atomic mass is 16.5. The summed E-state index contributed by atoms with van der Waals surface area (Å²) in [5, 5.41) is 1.40. The van der Waals surface area contributed by atoms with Gasteiger partial charge in [-0.2, -0.15) is 0 Å². The average molecular weight is 429 g/mol. The minimum atomic E-state index is 0.0426. The number of fused-ring (bicyclic) bond motifs is 4. The summed E-state index contributed by atoms with van der Waals surface area (Å²) >= 11 is 0. The molecule has 3 heterocycles. The smallest absolute Gasteiger partial charge is 0.166 e. The van der Waals surface area contributed by atoms with Crippen molar-refractivity contribution in [3.05, 3.63) is 58.8 Å². The second-order valence-corrected chi connectivity index (χ2v) is 10.4. The van der Waals surface area contributed by atoms with Crippen molar-refractivity contribution in [2.45, 2.75) is 62.5 Å². The number of para-hydroxylation sites is 1. The zero-order valence-corrected chi connectivity index (χ0v) is 19.3. The molecular formula is C28H32N2O2. The number of H-pyrrole nitrogens is 1. The molecule has 1 spiro atoms. The monoisotopic (exact) mass is 428 g/mol. The SMILES string of the molecule is CCCCC1c2c([nH]c3ccccc23)C2Oc3c(OC)ccc4c3[C@@]23CCN(C)C(C4)C13. The highest BCUT2D eigenvalue weighted by Crippen LogP contribution is 2.70. The van der Waals surface area contributed by atoms with Crippen LogP contribution in [-0.4, -0.2) is 36.6 Å². The largest absolute Gasteiger partial charge is 0.493 e. The molecule has 7 rings (SSSR count). The molecule has 0 radical (unpaired) electrons. The lowest BCUT2D eigenvalue weighted by Crippen LogP contribution is -2.63. The summed E-state index contributed by atoms with van der Waals surface area (Å²) in [5.74, 6) is 3.04. The van der Waals surface area contributed by atoms with Crippen molar-refractivity contribution < 1.29 is 9.47 Å². The van der Waals surface area contributed by atoms with E-state index in [2.05, 4.69) is 60.3 Å². The van der Waals surface area contributed by atoms with Gasteiger partial charge in [0.15, 0.2) is 11.5 Å². The molecule has 32 heavy (non-hydrogen) atoms. The first kappa shape index (κ1) is 19.0. The van der Waals surface area contributed by atoms with E-state index >= 15 is 0 Å². The van der Waals surface area contributed by atoms with Gasteiger partial charge in [-0.25, -0.2) is 0 Å². The molecule has 0 amide bonds. The zero-order chi connectivity index (χ0) is 21.6. The van der Waals surface area contributed by atoms with Crippen molar-refractivity contribution in [2.24, 2.45) is 5.92 Å². The van der Waals surface area contributed by atoms with Crippen LogP contribution in [0.4, 0.5) is 0 Å². The van der Waals surface area contributed by atoms with Crippen LogP contribution in [0.15, 0.2) is 36.4 Å². The van der Waals surface area contributed by atoms with Crippen LogP contribution in [0.2, 0.25) is 0 Å². The maximum absolute atomic E-state index is 6.97. The Morgan fingerprint density at radius 3 is 2.94 bits per heavy atom. The summed E-state index contributed by atoms with van der Waals surface area (Å²) < 4.78 is 12.8.